The van der Waals surface area contributed by atoms with Gasteiger partial charge in [0, 0.05) is 7.05 Å². The van der Waals surface area contributed by atoms with Gasteiger partial charge in [0.2, 0.25) is 0 Å². The fourth-order valence-corrected chi connectivity index (χ4v) is 4.48. The Labute approximate surface area is 135 Å². The molecule has 2 aliphatic rings. The maximum absolute atomic E-state index is 12.3. The van der Waals surface area contributed by atoms with Crippen molar-refractivity contribution in [3.8, 4) is 0 Å². The van der Waals surface area contributed by atoms with E-state index in [0.29, 0.717) is 17.9 Å². The maximum Gasteiger partial charge on any atom is 0.410 e. The molecule has 0 aromatic heterocycles. The topological polar surface area (TPSA) is 38.8 Å². The van der Waals surface area contributed by atoms with E-state index in [2.05, 4.69) is 20.8 Å². The molecule has 0 N–H and O–H groups in total. The van der Waals surface area contributed by atoms with Crippen molar-refractivity contribution in [1.29, 1.82) is 0 Å². The van der Waals surface area contributed by atoms with E-state index >= 15 is 0 Å². The van der Waals surface area contributed by atoms with Crippen molar-refractivity contribution in [1.82, 2.24) is 4.90 Å². The van der Waals surface area contributed by atoms with Crippen LogP contribution in [0.5, 0.6) is 0 Å². The van der Waals surface area contributed by atoms with Crippen LogP contribution in [0.4, 0.5) is 4.79 Å². The maximum atomic E-state index is 12.3. The molecule has 128 valence electrons. The van der Waals surface area contributed by atoms with Crippen LogP contribution in [-0.2, 0) is 9.47 Å². The molecule has 22 heavy (non-hydrogen) atoms. The molecule has 2 rings (SSSR count). The molecule has 1 amide bonds. The molecule has 1 saturated heterocycles. The fourth-order valence-electron chi connectivity index (χ4n) is 4.48. The SMILES string of the molecule is C[C@@H]1CC(C)(C)C[C@@]2(C1)C[C@H](N(C)C(=O)OC(C)(C)C)CO2. The van der Waals surface area contributed by atoms with Gasteiger partial charge in [0.05, 0.1) is 18.2 Å². The molecule has 1 heterocycles. The Morgan fingerprint density at radius 2 is 1.86 bits per heavy atom. The van der Waals surface area contributed by atoms with E-state index in [9.17, 15) is 4.79 Å². The first-order valence-corrected chi connectivity index (χ1v) is 8.51. The van der Waals surface area contributed by atoms with E-state index in [0.717, 1.165) is 19.3 Å². The van der Waals surface area contributed by atoms with Gasteiger partial charge in [0.15, 0.2) is 0 Å². The number of amides is 1. The molecular formula is C18H33NO3. The molecule has 0 radical (unpaired) electrons. The smallest absolute Gasteiger partial charge is 0.410 e. The lowest BCUT2D eigenvalue weighted by Gasteiger charge is -2.45. The van der Waals surface area contributed by atoms with Crippen LogP contribution in [0.2, 0.25) is 0 Å². The van der Waals surface area contributed by atoms with Crippen molar-refractivity contribution in [2.75, 3.05) is 13.7 Å². The zero-order valence-electron chi connectivity index (χ0n) is 15.4. The Kier molecular flexibility index (Phi) is 4.55. The van der Waals surface area contributed by atoms with Gasteiger partial charge in [0.1, 0.15) is 5.60 Å². The quantitative estimate of drug-likeness (QED) is 0.727. The third-order valence-electron chi connectivity index (χ3n) is 4.84. The molecule has 0 aromatic carbocycles. The van der Waals surface area contributed by atoms with Gasteiger partial charge in [-0.15, -0.1) is 0 Å². The summed E-state index contributed by atoms with van der Waals surface area (Å²) in [6.07, 6.45) is 4.13. The van der Waals surface area contributed by atoms with Crippen molar-refractivity contribution < 1.29 is 14.3 Å². The summed E-state index contributed by atoms with van der Waals surface area (Å²) in [4.78, 5) is 14.0. The second-order valence-electron chi connectivity index (χ2n) is 9.30. The summed E-state index contributed by atoms with van der Waals surface area (Å²) in [5.74, 6) is 0.675. The first kappa shape index (κ1) is 17.6. The number of hydrogen-bond acceptors (Lipinski definition) is 3. The molecular weight excluding hydrogens is 278 g/mol. The van der Waals surface area contributed by atoms with Gasteiger partial charge in [-0.1, -0.05) is 20.8 Å². The lowest BCUT2D eigenvalue weighted by Crippen LogP contribution is -2.44. The molecule has 4 heteroatoms. The molecule has 0 bridgehead atoms. The van der Waals surface area contributed by atoms with Gasteiger partial charge in [-0.3, -0.25) is 0 Å². The van der Waals surface area contributed by atoms with Crippen LogP contribution in [0, 0.1) is 11.3 Å². The minimum atomic E-state index is -0.455. The van der Waals surface area contributed by atoms with E-state index in [-0.39, 0.29) is 17.7 Å². The average molecular weight is 311 g/mol. The van der Waals surface area contributed by atoms with Crippen molar-refractivity contribution >= 4 is 6.09 Å². The molecule has 1 spiro atoms. The van der Waals surface area contributed by atoms with Crippen LogP contribution in [-0.4, -0.2) is 41.9 Å². The van der Waals surface area contributed by atoms with E-state index in [1.165, 1.54) is 6.42 Å². The van der Waals surface area contributed by atoms with Gasteiger partial charge in [0.25, 0.3) is 0 Å². The van der Waals surface area contributed by atoms with Crippen LogP contribution in [0.3, 0.4) is 0 Å². The summed E-state index contributed by atoms with van der Waals surface area (Å²) >= 11 is 0. The summed E-state index contributed by atoms with van der Waals surface area (Å²) in [7, 11) is 1.83. The predicted octanol–water partition coefficient (Wildman–Crippen LogP) is 4.23. The van der Waals surface area contributed by atoms with Crippen molar-refractivity contribution in [3.63, 3.8) is 0 Å². The highest BCUT2D eigenvalue weighted by Crippen LogP contribution is 2.50. The standard InChI is InChI=1S/C18H33NO3/c1-13-8-17(5,6)12-18(9-13)10-14(11-21-18)19(7)15(20)22-16(2,3)4/h13-14H,8-12H2,1-7H3/t13-,14+,18-/m1/s1. The number of likely N-dealkylation sites (N-methyl/N-ethyl adjacent to an activating group) is 1. The molecule has 3 atom stereocenters. The molecule has 1 aliphatic heterocycles. The van der Waals surface area contributed by atoms with Crippen LogP contribution in [0.1, 0.15) is 67.2 Å². The molecule has 1 aliphatic carbocycles. The monoisotopic (exact) mass is 311 g/mol. The Morgan fingerprint density at radius 3 is 2.41 bits per heavy atom. The van der Waals surface area contributed by atoms with Crippen LogP contribution < -0.4 is 0 Å². The normalized spacial score (nSPS) is 34.7. The molecule has 2 fully saturated rings. The first-order chi connectivity index (χ1) is 9.91. The predicted molar refractivity (Wildman–Crippen MR) is 87.9 cm³/mol. The Hall–Kier alpha value is -0.770. The minimum absolute atomic E-state index is 0.0535. The highest BCUT2D eigenvalue weighted by atomic mass is 16.6. The van der Waals surface area contributed by atoms with E-state index in [4.69, 9.17) is 9.47 Å². The van der Waals surface area contributed by atoms with E-state index in [1.807, 2.05) is 27.8 Å². The summed E-state index contributed by atoms with van der Waals surface area (Å²) in [6, 6.07) is 0.121. The average Bonchev–Trinajstić information content (AvgIpc) is 2.65. The number of ether oxygens (including phenoxy) is 2. The fraction of sp³-hybridized carbons (Fsp3) is 0.944. The molecule has 4 nitrogen and oxygen atoms in total. The van der Waals surface area contributed by atoms with Crippen molar-refractivity contribution in [3.05, 3.63) is 0 Å². The summed E-state index contributed by atoms with van der Waals surface area (Å²) in [5, 5.41) is 0. The van der Waals surface area contributed by atoms with Gasteiger partial charge in [-0.2, -0.15) is 0 Å². The third kappa shape index (κ3) is 4.15. The van der Waals surface area contributed by atoms with Crippen molar-refractivity contribution in [2.45, 2.75) is 84.5 Å². The lowest BCUT2D eigenvalue weighted by molar-refractivity contribution is -0.0753. The Morgan fingerprint density at radius 1 is 1.23 bits per heavy atom. The largest absolute Gasteiger partial charge is 0.444 e. The zero-order valence-corrected chi connectivity index (χ0v) is 15.4. The Bertz CT molecular complexity index is 427. The molecule has 1 saturated carbocycles. The first-order valence-electron chi connectivity index (χ1n) is 8.51. The Balaban J connectivity index is 2.01. The number of nitrogens with zero attached hydrogens (tertiary/aromatic N) is 1. The van der Waals surface area contributed by atoms with Crippen LogP contribution in [0.15, 0.2) is 0 Å². The summed E-state index contributed by atoms with van der Waals surface area (Å²) in [5.41, 5.74) is -0.191. The second-order valence-corrected chi connectivity index (χ2v) is 9.30. The van der Waals surface area contributed by atoms with Gasteiger partial charge in [-0.05, 0) is 57.8 Å². The molecule has 0 aromatic rings. The summed E-state index contributed by atoms with van der Waals surface area (Å²) < 4.78 is 11.7. The highest BCUT2D eigenvalue weighted by Gasteiger charge is 2.49. The molecule has 0 unspecified atom stereocenters. The van der Waals surface area contributed by atoms with E-state index < -0.39 is 5.60 Å². The van der Waals surface area contributed by atoms with Crippen LogP contribution in [0.25, 0.3) is 0 Å². The second kappa shape index (κ2) is 5.70. The van der Waals surface area contributed by atoms with Gasteiger partial charge >= 0.3 is 6.09 Å². The van der Waals surface area contributed by atoms with Gasteiger partial charge in [-0.25, -0.2) is 4.79 Å². The number of rotatable bonds is 1. The third-order valence-corrected chi connectivity index (χ3v) is 4.84. The van der Waals surface area contributed by atoms with E-state index in [1.54, 1.807) is 4.90 Å². The lowest BCUT2D eigenvalue weighted by atomic mass is 9.65. The van der Waals surface area contributed by atoms with Gasteiger partial charge < -0.3 is 14.4 Å². The number of carbonyl (C=O) groups excluding carboxylic acids is 1. The number of hydrogen-bond donors (Lipinski definition) is 0. The van der Waals surface area contributed by atoms with Crippen LogP contribution >= 0.6 is 0 Å². The minimum Gasteiger partial charge on any atom is -0.444 e. The summed E-state index contributed by atoms with van der Waals surface area (Å²) in [6.45, 7) is 13.3. The number of carbonyl (C=O) groups is 1. The zero-order chi connectivity index (χ0) is 16.8. The highest BCUT2D eigenvalue weighted by molar-refractivity contribution is 5.68. The van der Waals surface area contributed by atoms with Crippen molar-refractivity contribution in [2.24, 2.45) is 11.3 Å².